The Morgan fingerprint density at radius 2 is 2.23 bits per heavy atom. The molecule has 2 atom stereocenters. The average Bonchev–Trinajstić information content (AvgIpc) is 2.97. The quantitative estimate of drug-likeness (QED) is 0.579. The molecule has 0 saturated heterocycles. The number of oxime groups is 1. The van der Waals surface area contributed by atoms with Gasteiger partial charge in [-0.05, 0) is 43.6 Å². The minimum absolute atomic E-state index is 0.129. The van der Waals surface area contributed by atoms with E-state index in [0.29, 0.717) is 6.42 Å². The second-order valence-electron chi connectivity index (χ2n) is 5.59. The van der Waals surface area contributed by atoms with Crippen molar-refractivity contribution < 1.29 is 19.5 Å². The number of amidine groups is 1. The van der Waals surface area contributed by atoms with E-state index in [1.54, 1.807) is 0 Å². The number of ether oxygens (including phenoxy) is 1. The van der Waals surface area contributed by atoms with Crippen LogP contribution in [0.3, 0.4) is 0 Å². The van der Waals surface area contributed by atoms with Crippen molar-refractivity contribution in [3.05, 3.63) is 11.6 Å². The predicted molar refractivity (Wildman–Crippen MR) is 78.2 cm³/mol. The number of esters is 1. The predicted octanol–water partition coefficient (Wildman–Crippen LogP) is 1.29. The zero-order valence-corrected chi connectivity index (χ0v) is 12.4. The highest BCUT2D eigenvalue weighted by atomic mass is 16.6. The summed E-state index contributed by atoms with van der Waals surface area (Å²) in [5.74, 6) is -1.50. The highest BCUT2D eigenvalue weighted by molar-refractivity contribution is 5.96. The Morgan fingerprint density at radius 1 is 1.45 bits per heavy atom. The summed E-state index contributed by atoms with van der Waals surface area (Å²) in [5.41, 5.74) is 1.67. The number of carbonyl (C=O) groups excluding carboxylic acids is 1. The summed E-state index contributed by atoms with van der Waals surface area (Å²) in [6.07, 6.45) is 5.94. The summed E-state index contributed by atoms with van der Waals surface area (Å²) in [7, 11) is 0. The Balaban J connectivity index is 1.77. The smallest absolute Gasteiger partial charge is 0.343 e. The number of rotatable bonds is 3. The van der Waals surface area contributed by atoms with E-state index in [0.717, 1.165) is 43.4 Å². The van der Waals surface area contributed by atoms with Crippen LogP contribution in [0, 0.1) is 5.92 Å². The molecule has 2 unspecified atom stereocenters. The molecule has 0 bridgehead atoms. The Bertz CT molecular complexity index is 584. The van der Waals surface area contributed by atoms with Crippen LogP contribution in [-0.4, -0.2) is 29.8 Å². The first kappa shape index (κ1) is 14.7. The summed E-state index contributed by atoms with van der Waals surface area (Å²) >= 11 is 0. The number of aliphatic imine (C=N–C) groups is 2. The van der Waals surface area contributed by atoms with E-state index in [9.17, 15) is 9.90 Å². The maximum absolute atomic E-state index is 12.2. The van der Waals surface area contributed by atoms with E-state index in [1.807, 2.05) is 6.92 Å². The van der Waals surface area contributed by atoms with Crippen molar-refractivity contribution in [2.75, 3.05) is 0 Å². The van der Waals surface area contributed by atoms with E-state index in [2.05, 4.69) is 15.1 Å². The second kappa shape index (κ2) is 6.29. The van der Waals surface area contributed by atoms with E-state index >= 15 is 0 Å². The topological polar surface area (TPSA) is 95.7 Å². The molecule has 2 heterocycles. The fraction of sp³-hybridized carbons (Fsp3) is 0.600. The molecule has 0 aromatic heterocycles. The first-order chi connectivity index (χ1) is 10.7. The molecule has 3 aliphatic rings. The molecular weight excluding hydrogens is 286 g/mol. The summed E-state index contributed by atoms with van der Waals surface area (Å²) in [4.78, 5) is 24.7. The van der Waals surface area contributed by atoms with Gasteiger partial charge in [0.25, 0.3) is 0 Å². The fourth-order valence-electron chi connectivity index (χ4n) is 2.87. The number of hydrogen-bond acceptors (Lipinski definition) is 7. The number of hydrogen-bond donors (Lipinski definition) is 0. The van der Waals surface area contributed by atoms with Gasteiger partial charge in [0, 0.05) is 6.08 Å². The van der Waals surface area contributed by atoms with Crippen molar-refractivity contribution >= 4 is 23.6 Å². The van der Waals surface area contributed by atoms with E-state index in [1.165, 1.54) is 6.08 Å². The van der Waals surface area contributed by atoms with Crippen LogP contribution < -0.4 is 5.11 Å². The first-order valence-corrected chi connectivity index (χ1v) is 7.64. The van der Waals surface area contributed by atoms with Crippen LogP contribution in [0.25, 0.3) is 0 Å². The molecule has 2 aliphatic heterocycles. The molecule has 7 heteroatoms. The number of nitrogens with zero attached hydrogens (tertiary/aromatic N) is 3. The van der Waals surface area contributed by atoms with E-state index in [-0.39, 0.29) is 6.02 Å². The van der Waals surface area contributed by atoms with Crippen LogP contribution >= 0.6 is 0 Å². The molecule has 0 aromatic carbocycles. The van der Waals surface area contributed by atoms with Crippen molar-refractivity contribution in [1.29, 1.82) is 0 Å². The van der Waals surface area contributed by atoms with Crippen LogP contribution in [0.1, 0.15) is 45.4 Å². The van der Waals surface area contributed by atoms with Crippen molar-refractivity contribution in [3.8, 4) is 0 Å². The third-order valence-electron chi connectivity index (χ3n) is 3.91. The maximum Gasteiger partial charge on any atom is 0.343 e. The monoisotopic (exact) mass is 304 g/mol. The van der Waals surface area contributed by atoms with Gasteiger partial charge in [-0.1, -0.05) is 18.5 Å². The molecule has 1 saturated carbocycles. The zero-order valence-electron chi connectivity index (χ0n) is 12.4. The molecule has 0 amide bonds. The van der Waals surface area contributed by atoms with Crippen LogP contribution in [0.15, 0.2) is 26.8 Å². The Labute approximate surface area is 128 Å². The normalized spacial score (nSPS) is 27.4. The molecular formula is C15H18N3O4-. The summed E-state index contributed by atoms with van der Waals surface area (Å²) in [6, 6.07) is -0.129. The fourth-order valence-corrected chi connectivity index (χ4v) is 2.87. The third kappa shape index (κ3) is 3.03. The lowest BCUT2D eigenvalue weighted by atomic mass is 9.91. The molecule has 3 rings (SSSR count). The summed E-state index contributed by atoms with van der Waals surface area (Å²) in [6.45, 7) is 1.98. The van der Waals surface area contributed by atoms with Crippen LogP contribution in [-0.2, 0) is 14.4 Å². The van der Waals surface area contributed by atoms with Gasteiger partial charge in [0.15, 0.2) is 0 Å². The Morgan fingerprint density at radius 3 is 2.95 bits per heavy atom. The van der Waals surface area contributed by atoms with Gasteiger partial charge in [-0.25, -0.2) is 9.79 Å². The van der Waals surface area contributed by atoms with Gasteiger partial charge in [-0.2, -0.15) is 4.99 Å². The lowest BCUT2D eigenvalue weighted by Gasteiger charge is -2.35. The minimum Gasteiger partial charge on any atom is -0.861 e. The van der Waals surface area contributed by atoms with Crippen molar-refractivity contribution in [2.24, 2.45) is 21.1 Å². The lowest BCUT2D eigenvalue weighted by molar-refractivity contribution is -0.226. The van der Waals surface area contributed by atoms with Gasteiger partial charge >= 0.3 is 12.0 Å². The highest BCUT2D eigenvalue weighted by Gasteiger charge is 2.35. The van der Waals surface area contributed by atoms with Crippen LogP contribution in [0.4, 0.5) is 0 Å². The summed E-state index contributed by atoms with van der Waals surface area (Å²) < 4.78 is 5.13. The van der Waals surface area contributed by atoms with Crippen molar-refractivity contribution in [2.45, 2.75) is 51.7 Å². The van der Waals surface area contributed by atoms with Gasteiger partial charge in [-0.3, -0.25) is 0 Å². The van der Waals surface area contributed by atoms with E-state index < -0.39 is 24.0 Å². The second-order valence-corrected chi connectivity index (χ2v) is 5.59. The maximum atomic E-state index is 12.2. The van der Waals surface area contributed by atoms with Crippen LogP contribution in [0.2, 0.25) is 0 Å². The van der Waals surface area contributed by atoms with Crippen molar-refractivity contribution in [1.82, 2.24) is 0 Å². The molecule has 22 heavy (non-hydrogen) atoms. The standard InChI is InChI=1S/C15H19N3O4/c1-2-5-9-8-11(19)21-14-12(9)13(20)16-15(17-14)22-18-10-6-3-4-7-10/h8,12,14H,2-7H2,1H3,(H,16,17,20)/p-1. The summed E-state index contributed by atoms with van der Waals surface area (Å²) in [5, 5.41) is 16.2. The first-order valence-electron chi connectivity index (χ1n) is 7.64. The molecule has 1 aliphatic carbocycles. The molecule has 0 spiro atoms. The van der Waals surface area contributed by atoms with E-state index in [4.69, 9.17) is 9.57 Å². The largest absolute Gasteiger partial charge is 0.861 e. The van der Waals surface area contributed by atoms with Gasteiger partial charge in [-0.15, -0.1) is 0 Å². The number of fused-ring (bicyclic) bond motifs is 1. The molecule has 118 valence electrons. The van der Waals surface area contributed by atoms with Gasteiger partial charge in [0.05, 0.1) is 11.6 Å². The Kier molecular flexibility index (Phi) is 4.22. The average molecular weight is 304 g/mol. The van der Waals surface area contributed by atoms with Crippen LogP contribution in [0.5, 0.6) is 0 Å². The molecule has 0 radical (unpaired) electrons. The third-order valence-corrected chi connectivity index (χ3v) is 3.91. The van der Waals surface area contributed by atoms with Gasteiger partial charge in [0.1, 0.15) is 0 Å². The molecule has 0 N–H and O–H groups in total. The van der Waals surface area contributed by atoms with Gasteiger partial charge in [0.2, 0.25) is 6.23 Å². The minimum atomic E-state index is -0.886. The molecule has 7 nitrogen and oxygen atoms in total. The SMILES string of the molecule is CCCC1=CC(=O)OC2N=C(ON=C3CCCC3)N=C([O-])C12. The molecule has 0 aromatic rings. The molecule has 1 fully saturated rings. The zero-order chi connectivity index (χ0) is 15.5. The lowest BCUT2D eigenvalue weighted by Crippen LogP contribution is -2.45. The van der Waals surface area contributed by atoms with Gasteiger partial charge < -0.3 is 14.7 Å². The highest BCUT2D eigenvalue weighted by Crippen LogP contribution is 2.30. The number of carbonyl (C=O) groups is 1. The van der Waals surface area contributed by atoms with Crippen molar-refractivity contribution in [3.63, 3.8) is 0 Å². The Hall–Kier alpha value is -2.18.